The highest BCUT2D eigenvalue weighted by atomic mass is 16.3. The molecule has 2 aromatic rings. The predicted molar refractivity (Wildman–Crippen MR) is 70.5 cm³/mol. The molecule has 0 spiro atoms. The zero-order chi connectivity index (χ0) is 12.1. The summed E-state index contributed by atoms with van der Waals surface area (Å²) < 4.78 is 5.68. The van der Waals surface area contributed by atoms with Crippen molar-refractivity contribution in [2.24, 2.45) is 0 Å². The van der Waals surface area contributed by atoms with Gasteiger partial charge >= 0.3 is 0 Å². The highest BCUT2D eigenvalue weighted by Gasteiger charge is 2.03. The normalized spacial score (nSPS) is 12.7. The molecule has 0 atom stereocenters. The molecule has 0 saturated carbocycles. The van der Waals surface area contributed by atoms with E-state index in [4.69, 9.17) is 4.42 Å². The maximum atomic E-state index is 5.68. The van der Waals surface area contributed by atoms with Gasteiger partial charge in [-0.15, -0.1) is 0 Å². The Hall–Kier alpha value is -2.35. The first-order valence-electron chi connectivity index (χ1n) is 5.33. The minimum Gasteiger partial charge on any atom is -0.436 e. The molecule has 0 aliphatic rings. The summed E-state index contributed by atoms with van der Waals surface area (Å²) in [7, 11) is 0. The fourth-order valence-corrected chi connectivity index (χ4v) is 1.51. The van der Waals surface area contributed by atoms with Crippen molar-refractivity contribution >= 4 is 12.2 Å². The van der Waals surface area contributed by atoms with Crippen LogP contribution in [0, 0.1) is 0 Å². The third-order valence-electron chi connectivity index (χ3n) is 2.25. The van der Waals surface area contributed by atoms with Gasteiger partial charge in [-0.1, -0.05) is 43.5 Å². The van der Waals surface area contributed by atoms with Gasteiger partial charge in [-0.3, -0.25) is 0 Å². The summed E-state index contributed by atoms with van der Waals surface area (Å²) in [6.45, 7) is 7.32. The fraction of sp³-hybridized carbons (Fsp3) is 0. The van der Waals surface area contributed by atoms with Gasteiger partial charge in [-0.25, -0.2) is 4.98 Å². The molecule has 2 nitrogen and oxygen atoms in total. The number of oxazole rings is 1. The Morgan fingerprint density at radius 1 is 1.00 bits per heavy atom. The van der Waals surface area contributed by atoms with E-state index in [1.165, 1.54) is 0 Å². The zero-order valence-electron chi connectivity index (χ0n) is 9.47. The van der Waals surface area contributed by atoms with Crippen LogP contribution in [0.3, 0.4) is 0 Å². The van der Waals surface area contributed by atoms with Crippen molar-refractivity contribution in [3.63, 3.8) is 0 Å². The van der Waals surface area contributed by atoms with Gasteiger partial charge in [0.25, 0.3) is 0 Å². The maximum absolute atomic E-state index is 5.68. The molecule has 0 unspecified atom stereocenters. The van der Waals surface area contributed by atoms with Crippen LogP contribution in [0.25, 0.3) is 23.6 Å². The Morgan fingerprint density at radius 2 is 1.71 bits per heavy atom. The van der Waals surface area contributed by atoms with Gasteiger partial charge in [0, 0.05) is 5.56 Å². The molecule has 0 radical (unpaired) electrons. The first-order valence-corrected chi connectivity index (χ1v) is 5.33. The topological polar surface area (TPSA) is 26.0 Å². The number of nitrogens with zero attached hydrogens (tertiary/aromatic N) is 1. The lowest BCUT2D eigenvalue weighted by Crippen LogP contribution is -2.21. The number of rotatable bonds is 3. The molecule has 1 aromatic carbocycles. The van der Waals surface area contributed by atoms with E-state index in [2.05, 4.69) is 18.1 Å². The summed E-state index contributed by atoms with van der Waals surface area (Å²) in [4.78, 5) is 4.42. The van der Waals surface area contributed by atoms with Crippen LogP contribution in [-0.4, -0.2) is 4.98 Å². The number of aromatic nitrogens is 1. The Kier molecular flexibility index (Phi) is 3.36. The SMILES string of the molecule is C=C/C=c1/nc(-c2ccccc2)o/c1=C/C=C. The second kappa shape index (κ2) is 5.12. The molecule has 2 heteroatoms. The second-order valence-electron chi connectivity index (χ2n) is 3.44. The van der Waals surface area contributed by atoms with Crippen molar-refractivity contribution in [3.05, 3.63) is 66.4 Å². The molecular formula is C15H13NO. The lowest BCUT2D eigenvalue weighted by molar-refractivity contribution is 0.540. The molecule has 0 amide bonds. The Labute approximate surface area is 99.9 Å². The highest BCUT2D eigenvalue weighted by Crippen LogP contribution is 2.12. The van der Waals surface area contributed by atoms with Crippen molar-refractivity contribution in [1.29, 1.82) is 0 Å². The molecule has 1 aromatic heterocycles. The first-order chi connectivity index (χ1) is 8.35. The Bertz CT molecular complexity index is 598. The largest absolute Gasteiger partial charge is 0.436 e. The molecule has 2 rings (SSSR count). The second-order valence-corrected chi connectivity index (χ2v) is 3.44. The summed E-state index contributed by atoms with van der Waals surface area (Å²) in [6.07, 6.45) is 6.96. The summed E-state index contributed by atoms with van der Waals surface area (Å²) in [5, 5.41) is 0.763. The standard InChI is InChI=1S/C15H13NO/c1-3-8-13-14(9-4-2)17-15(16-13)12-10-6-5-7-11-12/h3-11H,1-2H2/b13-8+,14-9+. The lowest BCUT2D eigenvalue weighted by atomic mass is 10.2. The smallest absolute Gasteiger partial charge is 0.227 e. The van der Waals surface area contributed by atoms with E-state index in [0.717, 1.165) is 10.9 Å². The third kappa shape index (κ3) is 2.42. The average Bonchev–Trinajstić information content (AvgIpc) is 2.75. The number of hydrogen-bond donors (Lipinski definition) is 0. The van der Waals surface area contributed by atoms with Gasteiger partial charge in [-0.2, -0.15) is 0 Å². The lowest BCUT2D eigenvalue weighted by Gasteiger charge is -1.91. The van der Waals surface area contributed by atoms with E-state index in [1.807, 2.05) is 36.4 Å². The third-order valence-corrected chi connectivity index (χ3v) is 2.25. The van der Waals surface area contributed by atoms with Crippen molar-refractivity contribution in [2.45, 2.75) is 0 Å². The van der Waals surface area contributed by atoms with E-state index in [-0.39, 0.29) is 0 Å². The van der Waals surface area contributed by atoms with Gasteiger partial charge in [0.15, 0.2) is 5.42 Å². The van der Waals surface area contributed by atoms with E-state index in [1.54, 1.807) is 18.2 Å². The van der Waals surface area contributed by atoms with Crippen molar-refractivity contribution in [3.8, 4) is 11.5 Å². The van der Waals surface area contributed by atoms with Gasteiger partial charge in [0.2, 0.25) is 5.89 Å². The zero-order valence-corrected chi connectivity index (χ0v) is 9.47. The molecular weight excluding hydrogens is 210 g/mol. The quantitative estimate of drug-likeness (QED) is 0.797. The van der Waals surface area contributed by atoms with Crippen molar-refractivity contribution < 1.29 is 4.42 Å². The van der Waals surface area contributed by atoms with Crippen LogP contribution in [-0.2, 0) is 0 Å². The number of hydrogen-bond acceptors (Lipinski definition) is 2. The summed E-state index contributed by atoms with van der Waals surface area (Å²) in [6, 6.07) is 9.78. The van der Waals surface area contributed by atoms with Crippen LogP contribution in [0.15, 0.2) is 60.1 Å². The van der Waals surface area contributed by atoms with Gasteiger partial charge in [0.05, 0.1) is 0 Å². The van der Waals surface area contributed by atoms with Crippen LogP contribution in [0.1, 0.15) is 0 Å². The summed E-state index contributed by atoms with van der Waals surface area (Å²) >= 11 is 0. The van der Waals surface area contributed by atoms with Gasteiger partial charge in [0.1, 0.15) is 5.35 Å². The molecule has 0 N–H and O–H groups in total. The van der Waals surface area contributed by atoms with Crippen LogP contribution < -0.4 is 10.8 Å². The van der Waals surface area contributed by atoms with E-state index >= 15 is 0 Å². The van der Waals surface area contributed by atoms with Crippen molar-refractivity contribution in [1.82, 2.24) is 4.98 Å². The minimum atomic E-state index is 0.604. The molecule has 0 fully saturated rings. The molecule has 0 saturated heterocycles. The number of allylic oxidation sites excluding steroid dienone is 2. The fourth-order valence-electron chi connectivity index (χ4n) is 1.51. The maximum Gasteiger partial charge on any atom is 0.227 e. The molecule has 0 bridgehead atoms. The van der Waals surface area contributed by atoms with Crippen LogP contribution in [0.2, 0.25) is 0 Å². The van der Waals surface area contributed by atoms with Crippen molar-refractivity contribution in [2.75, 3.05) is 0 Å². The Balaban J connectivity index is 2.64. The monoisotopic (exact) mass is 223 g/mol. The van der Waals surface area contributed by atoms with Crippen LogP contribution >= 0.6 is 0 Å². The number of benzene rings is 1. The van der Waals surface area contributed by atoms with E-state index in [0.29, 0.717) is 11.3 Å². The predicted octanol–water partition coefficient (Wildman–Crippen LogP) is 2.27. The molecule has 0 aliphatic carbocycles. The Morgan fingerprint density at radius 3 is 2.35 bits per heavy atom. The average molecular weight is 223 g/mol. The van der Waals surface area contributed by atoms with E-state index in [9.17, 15) is 0 Å². The highest BCUT2D eigenvalue weighted by molar-refractivity contribution is 5.53. The van der Waals surface area contributed by atoms with Crippen LogP contribution in [0.5, 0.6) is 0 Å². The first kappa shape index (κ1) is 11.1. The summed E-state index contributed by atoms with van der Waals surface area (Å²) in [5.74, 6) is 0.604. The summed E-state index contributed by atoms with van der Waals surface area (Å²) in [5.41, 5.74) is 1.65. The molecule has 17 heavy (non-hydrogen) atoms. The molecule has 84 valence electrons. The van der Waals surface area contributed by atoms with Gasteiger partial charge in [-0.05, 0) is 24.3 Å². The molecule has 0 aliphatic heterocycles. The minimum absolute atomic E-state index is 0.604. The van der Waals surface area contributed by atoms with Crippen LogP contribution in [0.4, 0.5) is 0 Å². The van der Waals surface area contributed by atoms with E-state index < -0.39 is 0 Å². The molecule has 1 heterocycles. The van der Waals surface area contributed by atoms with Gasteiger partial charge < -0.3 is 4.42 Å².